The monoisotopic (exact) mass is 262 g/mol. The summed E-state index contributed by atoms with van der Waals surface area (Å²) in [4.78, 5) is 9.34. The van der Waals surface area contributed by atoms with Gasteiger partial charge in [0, 0.05) is 31.9 Å². The van der Waals surface area contributed by atoms with E-state index in [1.54, 1.807) is 0 Å². The third-order valence-corrected chi connectivity index (χ3v) is 3.94. The van der Waals surface area contributed by atoms with Gasteiger partial charge in [-0.2, -0.15) is 0 Å². The minimum absolute atomic E-state index is 0.590. The molecule has 1 aliphatic heterocycles. The molecule has 1 saturated heterocycles. The molecule has 1 aromatic rings. The van der Waals surface area contributed by atoms with Crippen LogP contribution in [0.25, 0.3) is 0 Å². The van der Waals surface area contributed by atoms with Gasteiger partial charge in [0.2, 0.25) is 0 Å². The highest BCUT2D eigenvalue weighted by Gasteiger charge is 2.23. The van der Waals surface area contributed by atoms with Crippen LogP contribution in [-0.2, 0) is 6.54 Å². The summed E-state index contributed by atoms with van der Waals surface area (Å²) < 4.78 is 0. The van der Waals surface area contributed by atoms with E-state index < -0.39 is 0 Å². The normalized spacial score (nSPS) is 21.4. The van der Waals surface area contributed by atoms with Crippen LogP contribution in [0.5, 0.6) is 0 Å². The molecule has 1 aromatic heterocycles. The summed E-state index contributed by atoms with van der Waals surface area (Å²) in [5.74, 6) is 0. The van der Waals surface area contributed by atoms with Gasteiger partial charge in [-0.1, -0.05) is 6.92 Å². The van der Waals surface area contributed by atoms with Gasteiger partial charge in [0.1, 0.15) is 0 Å². The van der Waals surface area contributed by atoms with Crippen molar-refractivity contribution in [1.29, 1.82) is 0 Å². The molecule has 1 aliphatic rings. The fourth-order valence-corrected chi connectivity index (χ4v) is 2.92. The number of anilines is 1. The van der Waals surface area contributed by atoms with Crippen LogP contribution in [0.3, 0.4) is 0 Å². The molecule has 1 unspecified atom stereocenters. The Morgan fingerprint density at radius 2 is 2.26 bits per heavy atom. The van der Waals surface area contributed by atoms with E-state index >= 15 is 0 Å². The highest BCUT2D eigenvalue weighted by Crippen LogP contribution is 2.25. The molecule has 1 atom stereocenters. The first kappa shape index (κ1) is 14.3. The quantitative estimate of drug-likeness (QED) is 0.895. The summed E-state index contributed by atoms with van der Waals surface area (Å²) in [5.41, 5.74) is 2.65. The number of pyridine rings is 1. The summed E-state index contributed by atoms with van der Waals surface area (Å²) in [7, 11) is 4.22. The maximum Gasteiger partial charge on any atom is 0.0601 e. The van der Waals surface area contributed by atoms with E-state index in [0.717, 1.165) is 19.6 Å². The first-order chi connectivity index (χ1) is 9.26. The van der Waals surface area contributed by atoms with Gasteiger partial charge >= 0.3 is 0 Å². The first-order valence-corrected chi connectivity index (χ1v) is 7.29. The average Bonchev–Trinajstić information content (AvgIpc) is 2.61. The number of likely N-dealkylation sites (N-methyl/N-ethyl adjacent to an activating group) is 1. The van der Waals surface area contributed by atoms with Crippen LogP contribution in [0, 0.1) is 0 Å². The molecule has 4 heteroatoms. The number of hydrogen-bond donors (Lipinski definition) is 1. The van der Waals surface area contributed by atoms with Crippen molar-refractivity contribution in [2.45, 2.75) is 32.4 Å². The van der Waals surface area contributed by atoms with Crippen LogP contribution in [0.1, 0.15) is 25.3 Å². The molecule has 0 spiro atoms. The third kappa shape index (κ3) is 3.45. The van der Waals surface area contributed by atoms with Crippen molar-refractivity contribution in [3.63, 3.8) is 0 Å². The molecule has 0 bridgehead atoms. The van der Waals surface area contributed by atoms with Crippen molar-refractivity contribution < 1.29 is 0 Å². The Morgan fingerprint density at radius 1 is 1.42 bits per heavy atom. The highest BCUT2D eigenvalue weighted by atomic mass is 15.2. The molecule has 0 saturated carbocycles. The van der Waals surface area contributed by atoms with E-state index in [9.17, 15) is 0 Å². The van der Waals surface area contributed by atoms with E-state index in [0.29, 0.717) is 6.04 Å². The molecule has 4 nitrogen and oxygen atoms in total. The predicted molar refractivity (Wildman–Crippen MR) is 80.5 cm³/mol. The fourth-order valence-electron chi connectivity index (χ4n) is 2.92. The van der Waals surface area contributed by atoms with Crippen LogP contribution < -0.4 is 10.2 Å². The second kappa shape index (κ2) is 6.87. The van der Waals surface area contributed by atoms with E-state index in [1.165, 1.54) is 30.6 Å². The number of nitrogens with zero attached hydrogens (tertiary/aromatic N) is 3. The van der Waals surface area contributed by atoms with Gasteiger partial charge in [-0.05, 0) is 45.1 Å². The Morgan fingerprint density at radius 3 is 3.00 bits per heavy atom. The minimum atomic E-state index is 0.590. The second-order valence-corrected chi connectivity index (χ2v) is 5.41. The van der Waals surface area contributed by atoms with Gasteiger partial charge in [0.15, 0.2) is 0 Å². The summed E-state index contributed by atoms with van der Waals surface area (Å²) in [6, 6.07) is 2.72. The SMILES string of the molecule is CCC1CN(C)CCCN1c1cnccc1CNC. The smallest absolute Gasteiger partial charge is 0.0601 e. The highest BCUT2D eigenvalue weighted by molar-refractivity contribution is 5.52. The fraction of sp³-hybridized carbons (Fsp3) is 0.667. The first-order valence-electron chi connectivity index (χ1n) is 7.29. The molecule has 2 heterocycles. The predicted octanol–water partition coefficient (Wildman–Crippen LogP) is 1.72. The molecule has 1 N–H and O–H groups in total. The zero-order valence-corrected chi connectivity index (χ0v) is 12.4. The van der Waals surface area contributed by atoms with Crippen molar-refractivity contribution in [1.82, 2.24) is 15.2 Å². The zero-order chi connectivity index (χ0) is 13.7. The number of rotatable bonds is 4. The molecule has 0 amide bonds. The van der Waals surface area contributed by atoms with Gasteiger partial charge in [-0.25, -0.2) is 0 Å². The van der Waals surface area contributed by atoms with Crippen LogP contribution in [0.2, 0.25) is 0 Å². The lowest BCUT2D eigenvalue weighted by Gasteiger charge is -2.33. The lowest BCUT2D eigenvalue weighted by Crippen LogP contribution is -2.40. The summed E-state index contributed by atoms with van der Waals surface area (Å²) in [6.07, 6.45) is 6.32. The Bertz CT molecular complexity index is 393. The third-order valence-electron chi connectivity index (χ3n) is 3.94. The maximum atomic E-state index is 4.34. The van der Waals surface area contributed by atoms with E-state index in [-0.39, 0.29) is 0 Å². The Kier molecular flexibility index (Phi) is 5.16. The molecule has 2 rings (SSSR count). The second-order valence-electron chi connectivity index (χ2n) is 5.41. The van der Waals surface area contributed by atoms with Crippen molar-refractivity contribution in [2.75, 3.05) is 38.6 Å². The van der Waals surface area contributed by atoms with Gasteiger partial charge in [0.05, 0.1) is 11.9 Å². The van der Waals surface area contributed by atoms with Gasteiger partial charge in [-0.3, -0.25) is 4.98 Å². The standard InChI is InChI=1S/C15H26N4/c1-4-14-12-18(3)8-5-9-19(14)15-11-17-7-6-13(15)10-16-2/h6-7,11,14,16H,4-5,8-10,12H2,1-3H3. The van der Waals surface area contributed by atoms with E-state index in [1.807, 2.05) is 19.4 Å². The number of aromatic nitrogens is 1. The molecule has 1 fully saturated rings. The van der Waals surface area contributed by atoms with Crippen molar-refractivity contribution in [2.24, 2.45) is 0 Å². The van der Waals surface area contributed by atoms with Crippen LogP contribution in [0.4, 0.5) is 5.69 Å². The maximum absolute atomic E-state index is 4.34. The van der Waals surface area contributed by atoms with Gasteiger partial charge in [-0.15, -0.1) is 0 Å². The Balaban J connectivity index is 2.27. The molecule has 0 radical (unpaired) electrons. The topological polar surface area (TPSA) is 31.4 Å². The lowest BCUT2D eigenvalue weighted by molar-refractivity contribution is 0.328. The van der Waals surface area contributed by atoms with E-state index in [2.05, 4.69) is 40.1 Å². The van der Waals surface area contributed by atoms with Crippen LogP contribution in [-0.4, -0.2) is 49.7 Å². The minimum Gasteiger partial charge on any atom is -0.366 e. The summed E-state index contributed by atoms with van der Waals surface area (Å²) in [5, 5.41) is 3.26. The molecule has 106 valence electrons. The number of nitrogens with one attached hydrogen (secondary N) is 1. The van der Waals surface area contributed by atoms with Crippen LogP contribution >= 0.6 is 0 Å². The lowest BCUT2D eigenvalue weighted by atomic mass is 10.1. The van der Waals surface area contributed by atoms with E-state index in [4.69, 9.17) is 0 Å². The molecule has 19 heavy (non-hydrogen) atoms. The summed E-state index contributed by atoms with van der Waals surface area (Å²) in [6.45, 7) is 6.65. The molecule has 0 aliphatic carbocycles. The molecular formula is C15H26N4. The van der Waals surface area contributed by atoms with Gasteiger partial charge < -0.3 is 15.1 Å². The molecule has 0 aromatic carbocycles. The van der Waals surface area contributed by atoms with Crippen molar-refractivity contribution in [3.8, 4) is 0 Å². The molecular weight excluding hydrogens is 236 g/mol. The Labute approximate surface area is 116 Å². The van der Waals surface area contributed by atoms with Gasteiger partial charge in [0.25, 0.3) is 0 Å². The average molecular weight is 262 g/mol. The number of hydrogen-bond acceptors (Lipinski definition) is 4. The van der Waals surface area contributed by atoms with Crippen molar-refractivity contribution >= 4 is 5.69 Å². The zero-order valence-electron chi connectivity index (χ0n) is 12.4. The van der Waals surface area contributed by atoms with Crippen LogP contribution in [0.15, 0.2) is 18.5 Å². The Hall–Kier alpha value is -1.13. The largest absolute Gasteiger partial charge is 0.366 e. The summed E-state index contributed by atoms with van der Waals surface area (Å²) >= 11 is 0. The van der Waals surface area contributed by atoms with Crippen molar-refractivity contribution in [3.05, 3.63) is 24.0 Å².